The van der Waals surface area contributed by atoms with Gasteiger partial charge < -0.3 is 0 Å². The molecule has 1 aliphatic carbocycles. The fraction of sp³-hybridized carbons (Fsp3) is 0.571. The van der Waals surface area contributed by atoms with Crippen LogP contribution in [0, 0.1) is 0 Å². The van der Waals surface area contributed by atoms with E-state index in [1.165, 1.54) is 0 Å². The van der Waals surface area contributed by atoms with Crippen LogP contribution in [0.2, 0.25) is 0 Å². The first-order valence-corrected chi connectivity index (χ1v) is 3.81. The highest BCUT2D eigenvalue weighted by atomic mass is 16.1. The molecule has 58 valence electrons. The lowest BCUT2D eigenvalue weighted by Crippen LogP contribution is -1.99. The number of nitrogens with zero attached hydrogens (tertiary/aromatic N) is 2. The van der Waals surface area contributed by atoms with Gasteiger partial charge >= 0.3 is 0 Å². The molecule has 1 aromatic heterocycles. The van der Waals surface area contributed by atoms with Gasteiger partial charge in [-0.15, -0.1) is 0 Å². The first kappa shape index (κ1) is 6.52. The Hall–Kier alpha value is -1.19. The van der Waals surface area contributed by atoms with Gasteiger partial charge in [-0.25, -0.2) is 0 Å². The first-order valence-electron chi connectivity index (χ1n) is 3.81. The van der Waals surface area contributed by atoms with Crippen molar-refractivity contribution in [3.8, 4) is 0 Å². The largest absolute Gasteiger partial charge is 0.292 e. The summed E-state index contributed by atoms with van der Waals surface area (Å²) in [6.45, 7) is 0. The number of ketones is 1. The summed E-state index contributed by atoms with van der Waals surface area (Å²) in [6, 6.07) is 0. The second-order valence-electron chi connectivity index (χ2n) is 2.75. The molecule has 0 spiro atoms. The third-order valence-electron chi connectivity index (χ3n) is 1.95. The summed E-state index contributed by atoms with van der Waals surface area (Å²) in [7, 11) is 0. The molecule has 0 saturated heterocycles. The van der Waals surface area contributed by atoms with E-state index in [1.54, 1.807) is 0 Å². The normalized spacial score (nSPS) is 17.6. The molecule has 4 nitrogen and oxygen atoms in total. The van der Waals surface area contributed by atoms with Crippen LogP contribution in [-0.2, 0) is 6.42 Å². The van der Waals surface area contributed by atoms with E-state index in [1.807, 2.05) is 0 Å². The zero-order chi connectivity index (χ0) is 7.68. The topological polar surface area (TPSA) is 58.6 Å². The summed E-state index contributed by atoms with van der Waals surface area (Å²) >= 11 is 0. The fourth-order valence-corrected chi connectivity index (χ4v) is 1.35. The van der Waals surface area contributed by atoms with E-state index >= 15 is 0 Å². The van der Waals surface area contributed by atoms with Gasteiger partial charge in [-0.2, -0.15) is 15.4 Å². The van der Waals surface area contributed by atoms with Crippen molar-refractivity contribution in [2.24, 2.45) is 0 Å². The highest BCUT2D eigenvalue weighted by Gasteiger charge is 2.18. The van der Waals surface area contributed by atoms with E-state index in [9.17, 15) is 4.79 Å². The maximum absolute atomic E-state index is 11.2. The van der Waals surface area contributed by atoms with Gasteiger partial charge in [0.2, 0.25) is 0 Å². The molecule has 1 heterocycles. The van der Waals surface area contributed by atoms with Crippen LogP contribution >= 0.6 is 0 Å². The van der Waals surface area contributed by atoms with Crippen LogP contribution < -0.4 is 0 Å². The van der Waals surface area contributed by atoms with Crippen LogP contribution in [0.4, 0.5) is 0 Å². The summed E-state index contributed by atoms with van der Waals surface area (Å²) in [5, 5.41) is 10.2. The van der Waals surface area contributed by atoms with Gasteiger partial charge in [0.25, 0.3) is 0 Å². The highest BCUT2D eigenvalue weighted by Crippen LogP contribution is 2.15. The Morgan fingerprint density at radius 1 is 1.18 bits per heavy atom. The molecule has 1 aromatic rings. The maximum Gasteiger partial charge on any atom is 0.185 e. The number of hydrogen-bond donors (Lipinski definition) is 1. The van der Waals surface area contributed by atoms with Crippen LogP contribution in [0.15, 0.2) is 0 Å². The summed E-state index contributed by atoms with van der Waals surface area (Å²) in [6.07, 6.45) is 3.53. The predicted molar refractivity (Wildman–Crippen MR) is 38.3 cm³/mol. The molecule has 0 atom stereocenters. The minimum absolute atomic E-state index is 0.131. The standard InChI is InChI=1S/C7H9N3O/c11-6-4-2-1-3-5-7(6)9-10-8-5/h1-4H2,(H,8,9,10). The van der Waals surface area contributed by atoms with E-state index < -0.39 is 0 Å². The van der Waals surface area contributed by atoms with Gasteiger partial charge in [0.1, 0.15) is 0 Å². The molecule has 0 radical (unpaired) electrons. The molecule has 0 fully saturated rings. The molecule has 0 unspecified atom stereocenters. The number of rotatable bonds is 0. The Balaban J connectivity index is 2.41. The Bertz CT molecular complexity index is 279. The minimum atomic E-state index is 0.131. The van der Waals surface area contributed by atoms with E-state index in [0.29, 0.717) is 12.1 Å². The van der Waals surface area contributed by atoms with Gasteiger partial charge in [-0.05, 0) is 19.3 Å². The highest BCUT2D eigenvalue weighted by molar-refractivity contribution is 5.95. The number of fused-ring (bicyclic) bond motifs is 1. The van der Waals surface area contributed by atoms with Gasteiger partial charge in [0.15, 0.2) is 11.5 Å². The van der Waals surface area contributed by atoms with Crippen molar-refractivity contribution < 1.29 is 4.79 Å². The van der Waals surface area contributed by atoms with Crippen LogP contribution in [0.1, 0.15) is 35.4 Å². The Labute approximate surface area is 64.0 Å². The molecular weight excluding hydrogens is 142 g/mol. The molecule has 0 aliphatic heterocycles. The molecule has 0 saturated carbocycles. The number of Topliss-reactive ketones (excluding diaryl/α,β-unsaturated/α-hetero) is 1. The van der Waals surface area contributed by atoms with E-state index in [4.69, 9.17) is 0 Å². The van der Waals surface area contributed by atoms with Gasteiger partial charge in [0, 0.05) is 6.42 Å². The lowest BCUT2D eigenvalue weighted by atomic mass is 10.2. The van der Waals surface area contributed by atoms with Crippen LogP contribution in [0.5, 0.6) is 0 Å². The summed E-state index contributed by atoms with van der Waals surface area (Å²) in [5.74, 6) is 0.131. The molecule has 4 heteroatoms. The number of H-pyrrole nitrogens is 1. The molecule has 0 bridgehead atoms. The molecular formula is C7H9N3O. The fourth-order valence-electron chi connectivity index (χ4n) is 1.35. The number of aromatic amines is 1. The SMILES string of the molecule is O=C1CCCCc2n[nH]nc21. The smallest absolute Gasteiger partial charge is 0.185 e. The zero-order valence-corrected chi connectivity index (χ0v) is 6.13. The van der Waals surface area contributed by atoms with E-state index in [0.717, 1.165) is 25.0 Å². The lowest BCUT2D eigenvalue weighted by molar-refractivity contribution is 0.0977. The molecule has 11 heavy (non-hydrogen) atoms. The van der Waals surface area contributed by atoms with Crippen molar-refractivity contribution in [2.45, 2.75) is 25.7 Å². The van der Waals surface area contributed by atoms with Crippen molar-refractivity contribution in [1.82, 2.24) is 15.4 Å². The number of hydrogen-bond acceptors (Lipinski definition) is 3. The number of aromatic nitrogens is 3. The molecule has 0 aromatic carbocycles. The third-order valence-corrected chi connectivity index (χ3v) is 1.95. The van der Waals surface area contributed by atoms with Crippen molar-refractivity contribution >= 4 is 5.78 Å². The third kappa shape index (κ3) is 1.04. The average Bonchev–Trinajstić information content (AvgIpc) is 2.40. The van der Waals surface area contributed by atoms with E-state index in [-0.39, 0.29) is 5.78 Å². The first-order chi connectivity index (χ1) is 5.38. The summed E-state index contributed by atoms with van der Waals surface area (Å²) < 4.78 is 0. The number of nitrogens with one attached hydrogen (secondary N) is 1. The Kier molecular flexibility index (Phi) is 1.45. The molecule has 1 aliphatic rings. The number of carbonyl (C=O) groups excluding carboxylic acids is 1. The zero-order valence-electron chi connectivity index (χ0n) is 6.13. The maximum atomic E-state index is 11.2. The van der Waals surface area contributed by atoms with E-state index in [2.05, 4.69) is 15.4 Å². The minimum Gasteiger partial charge on any atom is -0.292 e. The molecule has 2 rings (SSSR count). The van der Waals surface area contributed by atoms with Gasteiger partial charge in [-0.1, -0.05) is 0 Å². The van der Waals surface area contributed by atoms with Crippen LogP contribution in [0.3, 0.4) is 0 Å². The number of carbonyl (C=O) groups is 1. The van der Waals surface area contributed by atoms with Crippen LogP contribution in [-0.4, -0.2) is 21.2 Å². The summed E-state index contributed by atoms with van der Waals surface area (Å²) in [5.41, 5.74) is 1.40. The van der Waals surface area contributed by atoms with Crippen LogP contribution in [0.25, 0.3) is 0 Å². The second-order valence-corrected chi connectivity index (χ2v) is 2.75. The lowest BCUT2D eigenvalue weighted by Gasteiger charge is -1.88. The predicted octanol–water partition coefficient (Wildman–Crippen LogP) is 0.714. The van der Waals surface area contributed by atoms with Crippen molar-refractivity contribution in [2.75, 3.05) is 0 Å². The van der Waals surface area contributed by atoms with Gasteiger partial charge in [0.05, 0.1) is 5.69 Å². The van der Waals surface area contributed by atoms with Crippen molar-refractivity contribution in [3.05, 3.63) is 11.4 Å². The molecule has 1 N–H and O–H groups in total. The average molecular weight is 151 g/mol. The van der Waals surface area contributed by atoms with Crippen molar-refractivity contribution in [1.29, 1.82) is 0 Å². The summed E-state index contributed by atoms with van der Waals surface area (Å²) in [4.78, 5) is 11.2. The Morgan fingerprint density at radius 2 is 2.00 bits per heavy atom. The second kappa shape index (κ2) is 2.45. The Morgan fingerprint density at radius 3 is 2.91 bits per heavy atom. The van der Waals surface area contributed by atoms with Crippen molar-refractivity contribution in [3.63, 3.8) is 0 Å². The van der Waals surface area contributed by atoms with Gasteiger partial charge in [-0.3, -0.25) is 4.79 Å². The monoisotopic (exact) mass is 151 g/mol. The molecule has 0 amide bonds. The number of aryl methyl sites for hydroxylation is 1. The quantitative estimate of drug-likeness (QED) is 0.555.